The minimum absolute atomic E-state index is 0.0221. The van der Waals surface area contributed by atoms with Gasteiger partial charge in [0.15, 0.2) is 17.5 Å². The highest BCUT2D eigenvalue weighted by atomic mass is 16.7. The first kappa shape index (κ1) is 21.2. The Hall–Kier alpha value is -1.99. The van der Waals surface area contributed by atoms with Crippen LogP contribution in [0.1, 0.15) is 46.0 Å². The molecular formula is C23H37N5O2. The van der Waals surface area contributed by atoms with Crippen molar-refractivity contribution in [1.82, 2.24) is 9.80 Å². The zero-order chi connectivity index (χ0) is 21.0. The Labute approximate surface area is 180 Å². The van der Waals surface area contributed by atoms with Gasteiger partial charge in [-0.3, -0.25) is 9.89 Å². The Bertz CT molecular complexity index is 737. The molecule has 3 aliphatic rings. The fourth-order valence-electron chi connectivity index (χ4n) is 4.42. The van der Waals surface area contributed by atoms with Crippen LogP contribution in [0.15, 0.2) is 23.2 Å². The number of rotatable bonds is 5. The molecule has 0 spiro atoms. The van der Waals surface area contributed by atoms with Crippen LogP contribution in [0.2, 0.25) is 0 Å². The Morgan fingerprint density at radius 3 is 2.57 bits per heavy atom. The second-order valence-corrected chi connectivity index (χ2v) is 9.52. The van der Waals surface area contributed by atoms with Crippen LogP contribution in [-0.4, -0.2) is 67.9 Å². The summed E-state index contributed by atoms with van der Waals surface area (Å²) < 4.78 is 11.0. The average molecular weight is 416 g/mol. The summed E-state index contributed by atoms with van der Waals surface area (Å²) in [6.45, 7) is 10.1. The Morgan fingerprint density at radius 2 is 1.83 bits per heavy atom. The highest BCUT2D eigenvalue weighted by Gasteiger charge is 2.27. The van der Waals surface area contributed by atoms with Crippen LogP contribution in [0.25, 0.3) is 0 Å². The molecule has 0 atom stereocenters. The second kappa shape index (κ2) is 9.43. The van der Waals surface area contributed by atoms with Gasteiger partial charge in [0, 0.05) is 50.5 Å². The van der Waals surface area contributed by atoms with Gasteiger partial charge in [-0.1, -0.05) is 33.1 Å². The quantitative estimate of drug-likeness (QED) is 0.569. The average Bonchev–Trinajstić information content (AvgIpc) is 3.25. The molecule has 0 radical (unpaired) electrons. The van der Waals surface area contributed by atoms with Crippen LogP contribution in [0, 0.1) is 5.41 Å². The molecule has 2 aliphatic heterocycles. The first-order chi connectivity index (χ1) is 14.5. The van der Waals surface area contributed by atoms with Gasteiger partial charge in [-0.05, 0) is 36.9 Å². The van der Waals surface area contributed by atoms with Crippen molar-refractivity contribution in [3.8, 4) is 11.5 Å². The van der Waals surface area contributed by atoms with Gasteiger partial charge < -0.3 is 25.4 Å². The first-order valence-corrected chi connectivity index (χ1v) is 11.4. The molecular weight excluding hydrogens is 378 g/mol. The summed E-state index contributed by atoms with van der Waals surface area (Å²) >= 11 is 0. The van der Waals surface area contributed by atoms with E-state index in [9.17, 15) is 0 Å². The fraction of sp³-hybridized carbons (Fsp3) is 0.696. The molecule has 0 unspecified atom stereocenters. The van der Waals surface area contributed by atoms with E-state index in [0.29, 0.717) is 13.1 Å². The van der Waals surface area contributed by atoms with E-state index in [1.165, 1.54) is 32.1 Å². The van der Waals surface area contributed by atoms with Crippen LogP contribution in [0.4, 0.5) is 5.69 Å². The van der Waals surface area contributed by atoms with E-state index in [-0.39, 0.29) is 12.2 Å². The molecule has 0 amide bonds. The van der Waals surface area contributed by atoms with E-state index in [1.807, 2.05) is 18.2 Å². The minimum Gasteiger partial charge on any atom is -0.454 e. The Kier molecular flexibility index (Phi) is 6.68. The molecule has 7 heteroatoms. The third-order valence-corrected chi connectivity index (χ3v) is 6.54. The monoisotopic (exact) mass is 415 g/mol. The van der Waals surface area contributed by atoms with Crippen molar-refractivity contribution in [2.45, 2.75) is 52.0 Å². The first-order valence-electron chi connectivity index (χ1n) is 11.4. The summed E-state index contributed by atoms with van der Waals surface area (Å²) in [5, 5.41) is 3.55. The zero-order valence-electron chi connectivity index (χ0n) is 18.5. The lowest BCUT2D eigenvalue weighted by Crippen LogP contribution is -2.53. The number of hydrogen-bond acceptors (Lipinski definition) is 5. The van der Waals surface area contributed by atoms with Gasteiger partial charge in [0.25, 0.3) is 0 Å². The lowest BCUT2D eigenvalue weighted by molar-refractivity contribution is 0.107. The number of nitrogens with zero attached hydrogens (tertiary/aromatic N) is 3. The number of ether oxygens (including phenoxy) is 2. The summed E-state index contributed by atoms with van der Waals surface area (Å²) in [5.74, 6) is 2.51. The van der Waals surface area contributed by atoms with Crippen molar-refractivity contribution < 1.29 is 9.47 Å². The number of nitrogens with two attached hydrogens (primary N) is 1. The van der Waals surface area contributed by atoms with Gasteiger partial charge in [-0.25, -0.2) is 0 Å². The van der Waals surface area contributed by atoms with E-state index >= 15 is 0 Å². The van der Waals surface area contributed by atoms with Crippen molar-refractivity contribution in [2.24, 2.45) is 16.1 Å². The normalized spacial score (nSPS) is 21.2. The maximum Gasteiger partial charge on any atom is 0.231 e. The van der Waals surface area contributed by atoms with Crippen molar-refractivity contribution in [3.05, 3.63) is 18.2 Å². The van der Waals surface area contributed by atoms with Gasteiger partial charge in [0.05, 0.1) is 0 Å². The standard InChI is InChI=1S/C23H37N5O2/c1-23(2,15-24)16-25-22(26-18-8-9-20-21(14-18)30-17-29-20)28-12-10-27(11-13-28)19-6-4-3-5-7-19/h8-9,14,19H,3-7,10-13,15-17,24H2,1-2H3,(H,25,26). The molecule has 1 saturated carbocycles. The van der Waals surface area contributed by atoms with Gasteiger partial charge in [0.2, 0.25) is 6.79 Å². The molecule has 1 saturated heterocycles. The second-order valence-electron chi connectivity index (χ2n) is 9.52. The largest absolute Gasteiger partial charge is 0.454 e. The van der Waals surface area contributed by atoms with Crippen LogP contribution >= 0.6 is 0 Å². The van der Waals surface area contributed by atoms with Crippen molar-refractivity contribution >= 4 is 11.6 Å². The van der Waals surface area contributed by atoms with Crippen LogP contribution in [-0.2, 0) is 0 Å². The van der Waals surface area contributed by atoms with E-state index < -0.39 is 0 Å². The molecule has 2 heterocycles. The number of aliphatic imine (C=N–C) groups is 1. The fourth-order valence-corrected chi connectivity index (χ4v) is 4.42. The summed E-state index contributed by atoms with van der Waals surface area (Å²) in [6, 6.07) is 6.74. The van der Waals surface area contributed by atoms with E-state index in [4.69, 9.17) is 20.2 Å². The SMILES string of the molecule is CC(C)(CN)CN=C(Nc1ccc2c(c1)OCO2)N1CCN(C2CCCCC2)CC1. The molecule has 7 nitrogen and oxygen atoms in total. The predicted octanol–water partition coefficient (Wildman–Crippen LogP) is 3.12. The number of guanidine groups is 1. The number of nitrogens with one attached hydrogen (secondary N) is 1. The minimum atomic E-state index is -0.0221. The van der Waals surface area contributed by atoms with Gasteiger partial charge >= 0.3 is 0 Å². The maximum absolute atomic E-state index is 5.95. The molecule has 1 aromatic rings. The van der Waals surface area contributed by atoms with E-state index in [2.05, 4.69) is 29.0 Å². The number of fused-ring (bicyclic) bond motifs is 1. The smallest absolute Gasteiger partial charge is 0.231 e. The predicted molar refractivity (Wildman–Crippen MR) is 121 cm³/mol. The topological polar surface area (TPSA) is 75.3 Å². The Balaban J connectivity index is 1.44. The van der Waals surface area contributed by atoms with Crippen molar-refractivity contribution in [2.75, 3.05) is 51.4 Å². The van der Waals surface area contributed by atoms with Crippen molar-refractivity contribution in [1.29, 1.82) is 0 Å². The molecule has 0 bridgehead atoms. The van der Waals surface area contributed by atoms with Crippen LogP contribution in [0.5, 0.6) is 11.5 Å². The van der Waals surface area contributed by atoms with Crippen LogP contribution in [0.3, 0.4) is 0 Å². The summed E-state index contributed by atoms with van der Waals surface area (Å²) in [5.41, 5.74) is 6.89. The molecule has 1 aromatic carbocycles. The Morgan fingerprint density at radius 1 is 1.10 bits per heavy atom. The number of benzene rings is 1. The highest BCUT2D eigenvalue weighted by Crippen LogP contribution is 2.34. The molecule has 30 heavy (non-hydrogen) atoms. The number of anilines is 1. The lowest BCUT2D eigenvalue weighted by Gasteiger charge is -2.41. The molecule has 166 valence electrons. The van der Waals surface area contributed by atoms with E-state index in [0.717, 1.165) is 55.4 Å². The maximum atomic E-state index is 5.95. The van der Waals surface area contributed by atoms with Gasteiger partial charge in [0.1, 0.15) is 0 Å². The molecule has 1 aliphatic carbocycles. The van der Waals surface area contributed by atoms with E-state index in [1.54, 1.807) is 0 Å². The molecule has 4 rings (SSSR count). The number of piperazine rings is 1. The highest BCUT2D eigenvalue weighted by molar-refractivity contribution is 5.94. The van der Waals surface area contributed by atoms with Crippen LogP contribution < -0.4 is 20.5 Å². The third kappa shape index (κ3) is 5.19. The number of hydrogen-bond donors (Lipinski definition) is 2. The summed E-state index contributed by atoms with van der Waals surface area (Å²) in [6.07, 6.45) is 6.90. The van der Waals surface area contributed by atoms with Gasteiger partial charge in [-0.15, -0.1) is 0 Å². The molecule has 0 aromatic heterocycles. The van der Waals surface area contributed by atoms with Crippen molar-refractivity contribution in [3.63, 3.8) is 0 Å². The zero-order valence-corrected chi connectivity index (χ0v) is 18.5. The lowest BCUT2D eigenvalue weighted by atomic mass is 9.94. The van der Waals surface area contributed by atoms with Gasteiger partial charge in [-0.2, -0.15) is 0 Å². The third-order valence-electron chi connectivity index (χ3n) is 6.54. The summed E-state index contributed by atoms with van der Waals surface area (Å²) in [4.78, 5) is 10.1. The molecule has 3 N–H and O–H groups in total. The summed E-state index contributed by atoms with van der Waals surface area (Å²) in [7, 11) is 0. The molecule has 2 fully saturated rings.